The van der Waals surface area contributed by atoms with Crippen molar-refractivity contribution in [1.29, 1.82) is 0 Å². The van der Waals surface area contributed by atoms with Gasteiger partial charge < -0.3 is 4.57 Å². The average molecular weight is 251 g/mol. The zero-order valence-corrected chi connectivity index (χ0v) is 9.57. The highest BCUT2D eigenvalue weighted by atomic mass is 32.2. The highest BCUT2D eigenvalue weighted by Crippen LogP contribution is 2.21. The molecular formula is C10H12F3NOS. The SMILES string of the molecule is CCSCCn1ccc(C(=O)C(F)(F)F)c1. The van der Waals surface area contributed by atoms with Gasteiger partial charge in [0.1, 0.15) is 0 Å². The van der Waals surface area contributed by atoms with E-state index in [9.17, 15) is 18.0 Å². The maximum Gasteiger partial charge on any atom is 0.454 e. The van der Waals surface area contributed by atoms with Gasteiger partial charge in [0.15, 0.2) is 0 Å². The summed E-state index contributed by atoms with van der Waals surface area (Å²) in [7, 11) is 0. The lowest BCUT2D eigenvalue weighted by molar-refractivity contribution is -0.0885. The van der Waals surface area contributed by atoms with Crippen molar-refractivity contribution in [2.45, 2.75) is 19.6 Å². The fourth-order valence-electron chi connectivity index (χ4n) is 1.19. The zero-order chi connectivity index (χ0) is 12.2. The second-order valence-electron chi connectivity index (χ2n) is 3.16. The molecule has 0 amide bonds. The summed E-state index contributed by atoms with van der Waals surface area (Å²) in [6.07, 6.45) is -2.05. The van der Waals surface area contributed by atoms with Gasteiger partial charge in [-0.2, -0.15) is 24.9 Å². The normalized spacial score (nSPS) is 11.8. The van der Waals surface area contributed by atoms with E-state index >= 15 is 0 Å². The molecule has 0 aliphatic carbocycles. The van der Waals surface area contributed by atoms with Gasteiger partial charge in [-0.1, -0.05) is 6.92 Å². The van der Waals surface area contributed by atoms with E-state index in [1.165, 1.54) is 18.5 Å². The summed E-state index contributed by atoms with van der Waals surface area (Å²) >= 11 is 1.70. The Kier molecular flexibility index (Phi) is 4.46. The number of halogens is 3. The van der Waals surface area contributed by atoms with Crippen LogP contribution in [0.5, 0.6) is 0 Å². The molecule has 16 heavy (non-hydrogen) atoms. The van der Waals surface area contributed by atoms with Crippen molar-refractivity contribution in [1.82, 2.24) is 4.57 Å². The number of thioether (sulfide) groups is 1. The molecule has 0 aromatic carbocycles. The van der Waals surface area contributed by atoms with E-state index in [0.717, 1.165) is 11.5 Å². The molecule has 0 saturated carbocycles. The fourth-order valence-corrected chi connectivity index (χ4v) is 1.82. The maximum absolute atomic E-state index is 12.1. The monoisotopic (exact) mass is 251 g/mol. The Morgan fingerprint density at radius 1 is 1.50 bits per heavy atom. The number of carbonyl (C=O) groups excluding carboxylic acids is 1. The molecule has 1 rings (SSSR count). The molecule has 1 heterocycles. The van der Waals surface area contributed by atoms with Crippen LogP contribution in [0.4, 0.5) is 13.2 Å². The maximum atomic E-state index is 12.1. The first-order valence-corrected chi connectivity index (χ1v) is 5.95. The predicted octanol–water partition coefficient (Wildman–Crippen LogP) is 2.99. The molecule has 2 nitrogen and oxygen atoms in total. The van der Waals surface area contributed by atoms with Crippen LogP contribution in [-0.2, 0) is 6.54 Å². The molecule has 0 spiro atoms. The summed E-state index contributed by atoms with van der Waals surface area (Å²) < 4.78 is 37.9. The second kappa shape index (κ2) is 5.43. The highest BCUT2D eigenvalue weighted by molar-refractivity contribution is 7.99. The standard InChI is InChI=1S/C10H12F3NOS/c1-2-16-6-5-14-4-3-8(7-14)9(15)10(11,12)13/h3-4,7H,2,5-6H2,1H3. The molecule has 0 aliphatic rings. The quantitative estimate of drug-likeness (QED) is 0.593. The molecule has 0 atom stereocenters. The molecule has 0 N–H and O–H groups in total. The van der Waals surface area contributed by atoms with Gasteiger partial charge >= 0.3 is 6.18 Å². The van der Waals surface area contributed by atoms with Crippen LogP contribution in [0.1, 0.15) is 17.3 Å². The summed E-state index contributed by atoms with van der Waals surface area (Å²) in [5, 5.41) is 0. The number of rotatable bonds is 5. The number of Topliss-reactive ketones (excluding diaryl/α,β-unsaturated/α-hetero) is 1. The van der Waals surface area contributed by atoms with E-state index in [0.29, 0.717) is 6.54 Å². The van der Waals surface area contributed by atoms with E-state index in [2.05, 4.69) is 0 Å². The highest BCUT2D eigenvalue weighted by Gasteiger charge is 2.39. The summed E-state index contributed by atoms with van der Waals surface area (Å²) in [6.45, 7) is 2.63. The summed E-state index contributed by atoms with van der Waals surface area (Å²) in [6, 6.07) is 1.20. The van der Waals surface area contributed by atoms with Crippen molar-refractivity contribution in [3.63, 3.8) is 0 Å². The third-order valence-corrected chi connectivity index (χ3v) is 2.85. The molecule has 0 unspecified atom stereocenters. The van der Waals surface area contributed by atoms with Crippen LogP contribution >= 0.6 is 11.8 Å². The largest absolute Gasteiger partial charge is 0.454 e. The van der Waals surface area contributed by atoms with E-state index in [4.69, 9.17) is 0 Å². The van der Waals surface area contributed by atoms with Gasteiger partial charge in [-0.15, -0.1) is 0 Å². The van der Waals surface area contributed by atoms with Gasteiger partial charge in [-0.3, -0.25) is 4.79 Å². The average Bonchev–Trinajstić information content (AvgIpc) is 2.64. The van der Waals surface area contributed by atoms with Crippen molar-refractivity contribution in [2.24, 2.45) is 0 Å². The number of aryl methyl sites for hydroxylation is 1. The number of carbonyl (C=O) groups is 1. The van der Waals surface area contributed by atoms with Crippen LogP contribution in [0.25, 0.3) is 0 Å². The third-order valence-electron chi connectivity index (χ3n) is 1.97. The summed E-state index contributed by atoms with van der Waals surface area (Å²) in [4.78, 5) is 10.9. The van der Waals surface area contributed by atoms with Gasteiger partial charge in [0.2, 0.25) is 0 Å². The lowest BCUT2D eigenvalue weighted by atomic mass is 10.2. The molecule has 0 radical (unpaired) electrons. The van der Waals surface area contributed by atoms with Gasteiger partial charge in [-0.05, 0) is 11.8 Å². The van der Waals surface area contributed by atoms with Gasteiger partial charge in [0.25, 0.3) is 5.78 Å². The van der Waals surface area contributed by atoms with Crippen molar-refractivity contribution < 1.29 is 18.0 Å². The van der Waals surface area contributed by atoms with Crippen molar-refractivity contribution in [2.75, 3.05) is 11.5 Å². The van der Waals surface area contributed by atoms with E-state index in [1.807, 2.05) is 6.92 Å². The zero-order valence-electron chi connectivity index (χ0n) is 8.75. The molecule has 0 aliphatic heterocycles. The van der Waals surface area contributed by atoms with Crippen LogP contribution in [0.2, 0.25) is 0 Å². The number of nitrogens with zero attached hydrogens (tertiary/aromatic N) is 1. The van der Waals surface area contributed by atoms with Crippen molar-refractivity contribution in [3.8, 4) is 0 Å². The molecule has 0 fully saturated rings. The first kappa shape index (κ1) is 13.2. The van der Waals surface area contributed by atoms with Crippen LogP contribution < -0.4 is 0 Å². The number of hydrogen-bond acceptors (Lipinski definition) is 2. The van der Waals surface area contributed by atoms with E-state index < -0.39 is 12.0 Å². The topological polar surface area (TPSA) is 22.0 Å². The minimum atomic E-state index is -4.79. The minimum Gasteiger partial charge on any atom is -0.353 e. The Morgan fingerprint density at radius 2 is 2.19 bits per heavy atom. The smallest absolute Gasteiger partial charge is 0.353 e. The molecule has 6 heteroatoms. The van der Waals surface area contributed by atoms with Gasteiger partial charge in [-0.25, -0.2) is 0 Å². The Labute approximate surface area is 95.8 Å². The molecule has 0 saturated heterocycles. The lowest BCUT2D eigenvalue weighted by Gasteiger charge is -2.03. The van der Waals surface area contributed by atoms with E-state index in [-0.39, 0.29) is 5.56 Å². The van der Waals surface area contributed by atoms with Crippen LogP contribution in [0, 0.1) is 0 Å². The first-order chi connectivity index (χ1) is 7.45. The predicted molar refractivity (Wildman–Crippen MR) is 57.8 cm³/mol. The number of hydrogen-bond donors (Lipinski definition) is 0. The molecule has 0 bridgehead atoms. The number of aromatic nitrogens is 1. The fraction of sp³-hybridized carbons (Fsp3) is 0.500. The Balaban J connectivity index is 2.61. The first-order valence-electron chi connectivity index (χ1n) is 4.80. The molecule has 1 aromatic rings. The Bertz CT molecular complexity index is 359. The minimum absolute atomic E-state index is 0.297. The Morgan fingerprint density at radius 3 is 2.75 bits per heavy atom. The van der Waals surface area contributed by atoms with Crippen LogP contribution in [-0.4, -0.2) is 28.0 Å². The van der Waals surface area contributed by atoms with E-state index in [1.54, 1.807) is 16.3 Å². The van der Waals surface area contributed by atoms with Gasteiger partial charge in [0, 0.05) is 30.3 Å². The summed E-state index contributed by atoms with van der Waals surface area (Å²) in [5.41, 5.74) is -0.297. The molecule has 1 aromatic heterocycles. The van der Waals surface area contributed by atoms with Crippen LogP contribution in [0.15, 0.2) is 18.5 Å². The third kappa shape index (κ3) is 3.59. The van der Waals surface area contributed by atoms with Crippen molar-refractivity contribution in [3.05, 3.63) is 24.0 Å². The molecule has 90 valence electrons. The summed E-state index contributed by atoms with van der Waals surface area (Å²) in [5.74, 6) is 0.00913. The number of alkyl halides is 3. The molecular weight excluding hydrogens is 239 g/mol. The van der Waals surface area contributed by atoms with Crippen molar-refractivity contribution >= 4 is 17.5 Å². The second-order valence-corrected chi connectivity index (χ2v) is 4.56. The lowest BCUT2D eigenvalue weighted by Crippen LogP contribution is -2.22. The number of ketones is 1. The Hall–Kier alpha value is -0.910. The van der Waals surface area contributed by atoms with Gasteiger partial charge in [0.05, 0.1) is 0 Å². The van der Waals surface area contributed by atoms with Crippen LogP contribution in [0.3, 0.4) is 0 Å².